The molecule has 2 aliphatic heterocycles. The molecule has 0 saturated carbocycles. The van der Waals surface area contributed by atoms with E-state index in [4.69, 9.17) is 0 Å². The minimum absolute atomic E-state index is 0. The molecule has 4 nitrogen and oxygen atoms in total. The molecule has 3 rings (SSSR count). The first-order chi connectivity index (χ1) is 13.0. The van der Waals surface area contributed by atoms with E-state index in [0.29, 0.717) is 18.2 Å². The van der Waals surface area contributed by atoms with Crippen molar-refractivity contribution in [2.24, 2.45) is 4.99 Å². The van der Waals surface area contributed by atoms with E-state index in [1.165, 1.54) is 32.0 Å². The third-order valence-corrected chi connectivity index (χ3v) is 5.09. The van der Waals surface area contributed by atoms with Crippen LogP contribution in [0.5, 0.6) is 0 Å². The number of guanidine groups is 1. The maximum Gasteiger partial charge on any atom is 0.416 e. The van der Waals surface area contributed by atoms with Crippen LogP contribution in [-0.4, -0.2) is 61.6 Å². The topological polar surface area (TPSA) is 30.9 Å². The molecule has 28 heavy (non-hydrogen) atoms. The highest BCUT2D eigenvalue weighted by atomic mass is 127. The van der Waals surface area contributed by atoms with Crippen molar-refractivity contribution in [1.82, 2.24) is 15.1 Å². The lowest BCUT2D eigenvalue weighted by molar-refractivity contribution is -0.137. The highest BCUT2D eigenvalue weighted by Gasteiger charge is 2.31. The van der Waals surface area contributed by atoms with Gasteiger partial charge in [0.25, 0.3) is 0 Å². The molecule has 1 aromatic carbocycles. The fourth-order valence-corrected chi connectivity index (χ4v) is 3.71. The first-order valence-electron chi connectivity index (χ1n) is 9.33. The molecule has 0 aromatic heterocycles. The van der Waals surface area contributed by atoms with Crippen molar-refractivity contribution in [1.29, 1.82) is 0 Å². The molecule has 154 valence electrons. The number of hydrogen-bond donors (Lipinski definition) is 1. The van der Waals surface area contributed by atoms with E-state index in [1.807, 2.05) is 0 Å². The van der Waals surface area contributed by atoms with Crippen molar-refractivity contribution in [2.45, 2.75) is 31.5 Å². The summed E-state index contributed by atoms with van der Waals surface area (Å²) in [6.07, 6.45) is -0.639. The minimum Gasteiger partial charge on any atom is -0.345 e. The Hall–Kier alpha value is -1.47. The Morgan fingerprint density at radius 3 is 2.68 bits per heavy atom. The van der Waals surface area contributed by atoms with Crippen LogP contribution in [0.3, 0.4) is 0 Å². The molecule has 2 fully saturated rings. The summed E-state index contributed by atoms with van der Waals surface area (Å²) in [5.41, 5.74) is -0.319. The summed E-state index contributed by atoms with van der Waals surface area (Å²) in [6, 6.07) is 5.67. The van der Waals surface area contributed by atoms with Gasteiger partial charge in [0.15, 0.2) is 5.96 Å². The molecule has 0 aliphatic carbocycles. The molecule has 8 heteroatoms. The zero-order valence-electron chi connectivity index (χ0n) is 15.9. The molecule has 2 aliphatic rings. The number of aliphatic imine (C=N–C) groups is 1. The minimum atomic E-state index is -4.35. The van der Waals surface area contributed by atoms with Gasteiger partial charge in [-0.05, 0) is 50.6 Å². The van der Waals surface area contributed by atoms with Crippen LogP contribution in [0.4, 0.5) is 13.2 Å². The number of likely N-dealkylation sites (tertiary alicyclic amines) is 2. The summed E-state index contributed by atoms with van der Waals surface area (Å²) in [5, 5.41) is 3.20. The predicted molar refractivity (Wildman–Crippen MR) is 116 cm³/mol. The number of halogens is 4. The van der Waals surface area contributed by atoms with Gasteiger partial charge in [-0.25, -0.2) is 0 Å². The summed E-state index contributed by atoms with van der Waals surface area (Å²) in [4.78, 5) is 9.11. The maximum absolute atomic E-state index is 12.7. The molecular formula is C20H26F3IN4. The van der Waals surface area contributed by atoms with Crippen LogP contribution >= 0.6 is 24.0 Å². The van der Waals surface area contributed by atoms with Crippen molar-refractivity contribution in [3.63, 3.8) is 0 Å². The van der Waals surface area contributed by atoms with Crippen LogP contribution in [-0.2, 0) is 6.18 Å². The van der Waals surface area contributed by atoms with Crippen molar-refractivity contribution in [2.75, 3.05) is 39.8 Å². The molecule has 1 atom stereocenters. The molecule has 1 unspecified atom stereocenters. The fraction of sp³-hybridized carbons (Fsp3) is 0.550. The Bertz CT molecular complexity index is 733. The number of nitrogens with zero attached hydrogens (tertiary/aromatic N) is 3. The van der Waals surface area contributed by atoms with E-state index >= 15 is 0 Å². The first-order valence-corrected chi connectivity index (χ1v) is 9.33. The van der Waals surface area contributed by atoms with Gasteiger partial charge in [-0.3, -0.25) is 9.89 Å². The van der Waals surface area contributed by atoms with E-state index in [2.05, 4.69) is 31.9 Å². The second-order valence-corrected chi connectivity index (χ2v) is 6.91. The maximum atomic E-state index is 12.7. The van der Waals surface area contributed by atoms with Crippen LogP contribution in [0.15, 0.2) is 29.3 Å². The number of benzene rings is 1. The van der Waals surface area contributed by atoms with Crippen LogP contribution in [0.25, 0.3) is 0 Å². The lowest BCUT2D eigenvalue weighted by Crippen LogP contribution is -2.42. The Balaban J connectivity index is 0.00000280. The average molecular weight is 506 g/mol. The van der Waals surface area contributed by atoms with Gasteiger partial charge < -0.3 is 10.2 Å². The van der Waals surface area contributed by atoms with E-state index in [9.17, 15) is 13.2 Å². The van der Waals surface area contributed by atoms with E-state index in [-0.39, 0.29) is 24.0 Å². The fourth-order valence-electron chi connectivity index (χ4n) is 3.71. The van der Waals surface area contributed by atoms with E-state index in [1.54, 1.807) is 13.1 Å². The highest BCUT2D eigenvalue weighted by Crippen LogP contribution is 2.29. The molecule has 2 saturated heterocycles. The van der Waals surface area contributed by atoms with Crippen molar-refractivity contribution >= 4 is 29.9 Å². The van der Waals surface area contributed by atoms with Gasteiger partial charge >= 0.3 is 6.18 Å². The smallest absolute Gasteiger partial charge is 0.345 e. The Kier molecular flexibility index (Phi) is 8.43. The quantitative estimate of drug-likeness (QED) is 0.289. The van der Waals surface area contributed by atoms with Gasteiger partial charge in [0, 0.05) is 31.7 Å². The van der Waals surface area contributed by atoms with E-state index < -0.39 is 11.7 Å². The molecular weight excluding hydrogens is 480 g/mol. The number of hydrogen-bond acceptors (Lipinski definition) is 2. The normalized spacial score (nSPS) is 20.5. The van der Waals surface area contributed by atoms with Crippen molar-refractivity contribution in [3.8, 4) is 11.8 Å². The third-order valence-electron chi connectivity index (χ3n) is 5.09. The zero-order chi connectivity index (χ0) is 19.3. The summed E-state index contributed by atoms with van der Waals surface area (Å²) < 4.78 is 38.2. The van der Waals surface area contributed by atoms with Gasteiger partial charge in [-0.2, -0.15) is 13.2 Å². The third kappa shape index (κ3) is 6.01. The molecule has 0 radical (unpaired) electrons. The first kappa shape index (κ1) is 22.8. The number of rotatable bonds is 2. The van der Waals surface area contributed by atoms with Crippen LogP contribution in [0.1, 0.15) is 30.4 Å². The summed E-state index contributed by atoms with van der Waals surface area (Å²) in [7, 11) is 1.74. The SMILES string of the molecule is CN=C(NCC#Cc1cccc(C(F)(F)F)c1)N1CCC(N2CCCC2)C1.I. The lowest BCUT2D eigenvalue weighted by Gasteiger charge is -2.25. The van der Waals surface area contributed by atoms with Gasteiger partial charge in [-0.1, -0.05) is 17.9 Å². The Morgan fingerprint density at radius 1 is 1.25 bits per heavy atom. The largest absolute Gasteiger partial charge is 0.416 e. The summed E-state index contributed by atoms with van der Waals surface area (Å²) in [5.74, 6) is 6.48. The molecule has 0 bridgehead atoms. The zero-order valence-corrected chi connectivity index (χ0v) is 18.3. The number of alkyl halides is 3. The summed E-state index contributed by atoms with van der Waals surface area (Å²) in [6.45, 7) is 4.64. The molecule has 1 aromatic rings. The molecule has 0 amide bonds. The van der Waals surface area contributed by atoms with Crippen LogP contribution in [0.2, 0.25) is 0 Å². The van der Waals surface area contributed by atoms with Gasteiger partial charge in [0.05, 0.1) is 12.1 Å². The molecule has 0 spiro atoms. The second-order valence-electron chi connectivity index (χ2n) is 6.91. The lowest BCUT2D eigenvalue weighted by atomic mass is 10.1. The van der Waals surface area contributed by atoms with Gasteiger partial charge in [0.2, 0.25) is 0 Å². The van der Waals surface area contributed by atoms with E-state index in [0.717, 1.165) is 37.6 Å². The van der Waals surface area contributed by atoms with Crippen molar-refractivity contribution in [3.05, 3.63) is 35.4 Å². The van der Waals surface area contributed by atoms with Crippen LogP contribution in [0, 0.1) is 11.8 Å². The van der Waals surface area contributed by atoms with Crippen molar-refractivity contribution < 1.29 is 13.2 Å². The Labute approximate surface area is 181 Å². The van der Waals surface area contributed by atoms with Gasteiger partial charge in [-0.15, -0.1) is 24.0 Å². The van der Waals surface area contributed by atoms with Crippen LogP contribution < -0.4 is 5.32 Å². The molecule has 1 N–H and O–H groups in total. The predicted octanol–water partition coefficient (Wildman–Crippen LogP) is 3.42. The second kappa shape index (κ2) is 10.3. The number of nitrogens with one attached hydrogen (secondary N) is 1. The Morgan fingerprint density at radius 2 is 2.00 bits per heavy atom. The molecule has 2 heterocycles. The average Bonchev–Trinajstić information content (AvgIpc) is 3.33. The monoisotopic (exact) mass is 506 g/mol. The standard InChI is InChI=1S/C20H25F3N4.HI/c1-24-19(27-13-9-18(15-27)26-11-2-3-12-26)25-10-5-7-16-6-4-8-17(14-16)20(21,22)23;/h4,6,8,14,18H,2-3,9-13,15H2,1H3,(H,24,25);1H. The highest BCUT2D eigenvalue weighted by molar-refractivity contribution is 14.0. The summed E-state index contributed by atoms with van der Waals surface area (Å²) >= 11 is 0. The van der Waals surface area contributed by atoms with Gasteiger partial charge in [0.1, 0.15) is 0 Å².